The molecular formula is C15H27NO. The molecule has 2 fully saturated rings. The molecule has 1 aliphatic carbocycles. The Hall–Kier alpha value is -0.370. The highest BCUT2D eigenvalue weighted by atomic mass is 16.1. The van der Waals surface area contributed by atoms with Crippen LogP contribution < -0.4 is 0 Å². The summed E-state index contributed by atoms with van der Waals surface area (Å²) < 4.78 is 0. The van der Waals surface area contributed by atoms with Gasteiger partial charge in [0.25, 0.3) is 0 Å². The normalized spacial score (nSPS) is 28.5. The largest absolute Gasteiger partial charge is 0.303 e. The van der Waals surface area contributed by atoms with Crippen LogP contribution in [0.25, 0.3) is 0 Å². The van der Waals surface area contributed by atoms with Gasteiger partial charge in [-0.05, 0) is 44.7 Å². The maximum atomic E-state index is 11.8. The zero-order chi connectivity index (χ0) is 12.1. The Labute approximate surface area is 106 Å². The predicted octanol–water partition coefficient (Wildman–Crippen LogP) is 3.26. The Bertz CT molecular complexity index is 243. The lowest BCUT2D eigenvalue weighted by atomic mass is 9.86. The van der Waals surface area contributed by atoms with Crippen molar-refractivity contribution in [3.8, 4) is 0 Å². The molecule has 0 amide bonds. The second kappa shape index (κ2) is 6.53. The average molecular weight is 237 g/mol. The van der Waals surface area contributed by atoms with Gasteiger partial charge in [0, 0.05) is 18.9 Å². The Kier molecular flexibility index (Phi) is 5.02. The molecule has 2 aliphatic rings. The third kappa shape index (κ3) is 3.80. The van der Waals surface area contributed by atoms with E-state index in [-0.39, 0.29) is 0 Å². The molecule has 1 aliphatic heterocycles. The summed E-state index contributed by atoms with van der Waals surface area (Å²) in [7, 11) is 0. The molecule has 0 aromatic heterocycles. The van der Waals surface area contributed by atoms with E-state index in [9.17, 15) is 4.79 Å². The number of ketones is 1. The van der Waals surface area contributed by atoms with E-state index < -0.39 is 0 Å². The van der Waals surface area contributed by atoms with Crippen molar-refractivity contribution in [1.82, 2.24) is 4.90 Å². The minimum atomic E-state index is 0.367. The van der Waals surface area contributed by atoms with Crippen LogP contribution in [0.4, 0.5) is 0 Å². The molecule has 0 N–H and O–H groups in total. The summed E-state index contributed by atoms with van der Waals surface area (Å²) in [5.41, 5.74) is 0. The van der Waals surface area contributed by atoms with Gasteiger partial charge in [-0.25, -0.2) is 0 Å². The highest BCUT2D eigenvalue weighted by Gasteiger charge is 2.26. The molecule has 1 atom stereocenters. The first kappa shape index (κ1) is 13.1. The van der Waals surface area contributed by atoms with E-state index in [1.807, 2.05) is 0 Å². The van der Waals surface area contributed by atoms with Crippen molar-refractivity contribution in [2.45, 2.75) is 58.3 Å². The molecule has 98 valence electrons. The Morgan fingerprint density at radius 3 is 2.59 bits per heavy atom. The van der Waals surface area contributed by atoms with Gasteiger partial charge >= 0.3 is 0 Å². The number of piperidine rings is 1. The van der Waals surface area contributed by atoms with Crippen LogP contribution in [0.3, 0.4) is 0 Å². The van der Waals surface area contributed by atoms with E-state index in [0.717, 1.165) is 31.7 Å². The fourth-order valence-electron chi connectivity index (χ4n) is 3.43. The van der Waals surface area contributed by atoms with Crippen LogP contribution in [0, 0.1) is 11.8 Å². The molecule has 0 spiro atoms. The number of rotatable bonds is 4. The highest BCUT2D eigenvalue weighted by Crippen LogP contribution is 2.25. The molecule has 2 heteroatoms. The maximum absolute atomic E-state index is 11.8. The summed E-state index contributed by atoms with van der Waals surface area (Å²) in [4.78, 5) is 14.3. The number of Topliss-reactive ketones (excluding diaryl/α,β-unsaturated/α-hetero) is 1. The van der Waals surface area contributed by atoms with Gasteiger partial charge in [0.15, 0.2) is 0 Å². The monoisotopic (exact) mass is 237 g/mol. The zero-order valence-corrected chi connectivity index (χ0v) is 11.3. The van der Waals surface area contributed by atoms with Gasteiger partial charge < -0.3 is 4.90 Å². The average Bonchev–Trinajstić information content (AvgIpc) is 2.35. The predicted molar refractivity (Wildman–Crippen MR) is 71.0 cm³/mol. The van der Waals surface area contributed by atoms with E-state index in [0.29, 0.717) is 11.7 Å². The summed E-state index contributed by atoms with van der Waals surface area (Å²) in [6.45, 7) is 5.80. The number of carbonyl (C=O) groups is 1. The van der Waals surface area contributed by atoms with Crippen molar-refractivity contribution in [3.63, 3.8) is 0 Å². The summed E-state index contributed by atoms with van der Waals surface area (Å²) in [5, 5.41) is 0. The number of hydrogen-bond donors (Lipinski definition) is 0. The van der Waals surface area contributed by atoms with Gasteiger partial charge in [0.05, 0.1) is 0 Å². The first-order chi connectivity index (χ1) is 8.29. The van der Waals surface area contributed by atoms with E-state index in [2.05, 4.69) is 11.8 Å². The van der Waals surface area contributed by atoms with Gasteiger partial charge in [-0.2, -0.15) is 0 Å². The van der Waals surface area contributed by atoms with Gasteiger partial charge in [0.1, 0.15) is 5.78 Å². The van der Waals surface area contributed by atoms with Crippen molar-refractivity contribution in [2.75, 3.05) is 19.6 Å². The quantitative estimate of drug-likeness (QED) is 0.748. The van der Waals surface area contributed by atoms with Crippen molar-refractivity contribution < 1.29 is 4.79 Å². The lowest BCUT2D eigenvalue weighted by Crippen LogP contribution is -2.39. The van der Waals surface area contributed by atoms with Gasteiger partial charge in [-0.3, -0.25) is 4.79 Å². The number of hydrogen-bond acceptors (Lipinski definition) is 2. The minimum Gasteiger partial charge on any atom is -0.303 e. The summed E-state index contributed by atoms with van der Waals surface area (Å²) in [6.07, 6.45) is 9.83. The fourth-order valence-corrected chi connectivity index (χ4v) is 3.43. The minimum absolute atomic E-state index is 0.367. The molecule has 1 saturated carbocycles. The van der Waals surface area contributed by atoms with Gasteiger partial charge in [0.2, 0.25) is 0 Å². The third-order valence-electron chi connectivity index (χ3n) is 4.56. The van der Waals surface area contributed by atoms with Crippen molar-refractivity contribution in [1.29, 1.82) is 0 Å². The van der Waals surface area contributed by atoms with Crippen LogP contribution in [-0.4, -0.2) is 30.3 Å². The number of carbonyl (C=O) groups excluding carboxylic acids is 1. The van der Waals surface area contributed by atoms with Crippen LogP contribution in [0.5, 0.6) is 0 Å². The SMILES string of the molecule is CCCC1CCN(CC2CCCCC2=O)CC1. The molecule has 0 bridgehead atoms. The van der Waals surface area contributed by atoms with Crippen LogP contribution in [0.2, 0.25) is 0 Å². The van der Waals surface area contributed by atoms with Gasteiger partial charge in [-0.15, -0.1) is 0 Å². The van der Waals surface area contributed by atoms with Crippen LogP contribution >= 0.6 is 0 Å². The molecular weight excluding hydrogens is 210 g/mol. The van der Waals surface area contributed by atoms with E-state index >= 15 is 0 Å². The number of likely N-dealkylation sites (tertiary alicyclic amines) is 1. The molecule has 0 aromatic rings. The summed E-state index contributed by atoms with van der Waals surface area (Å²) >= 11 is 0. The Morgan fingerprint density at radius 2 is 1.94 bits per heavy atom. The standard InChI is InChI=1S/C15H27NO/c1-2-5-13-8-10-16(11-9-13)12-14-6-3-4-7-15(14)17/h13-14H,2-12H2,1H3. The van der Waals surface area contributed by atoms with Crippen LogP contribution in [-0.2, 0) is 4.79 Å². The molecule has 2 nitrogen and oxygen atoms in total. The molecule has 0 radical (unpaired) electrons. The second-order valence-corrected chi connectivity index (χ2v) is 5.94. The lowest BCUT2D eigenvalue weighted by molar-refractivity contribution is -0.125. The topological polar surface area (TPSA) is 20.3 Å². The van der Waals surface area contributed by atoms with Crippen LogP contribution in [0.15, 0.2) is 0 Å². The second-order valence-electron chi connectivity index (χ2n) is 5.94. The van der Waals surface area contributed by atoms with Gasteiger partial charge in [-0.1, -0.05) is 26.2 Å². The Morgan fingerprint density at radius 1 is 1.18 bits per heavy atom. The Balaban J connectivity index is 1.72. The van der Waals surface area contributed by atoms with E-state index in [1.54, 1.807) is 0 Å². The molecule has 1 unspecified atom stereocenters. The van der Waals surface area contributed by atoms with E-state index in [4.69, 9.17) is 0 Å². The van der Waals surface area contributed by atoms with Crippen molar-refractivity contribution >= 4 is 5.78 Å². The highest BCUT2D eigenvalue weighted by molar-refractivity contribution is 5.81. The molecule has 2 rings (SSSR count). The number of nitrogens with zero attached hydrogens (tertiary/aromatic N) is 1. The fraction of sp³-hybridized carbons (Fsp3) is 0.933. The van der Waals surface area contributed by atoms with E-state index in [1.165, 1.54) is 45.2 Å². The summed E-state index contributed by atoms with van der Waals surface area (Å²) in [6, 6.07) is 0. The summed E-state index contributed by atoms with van der Waals surface area (Å²) in [5.74, 6) is 1.86. The van der Waals surface area contributed by atoms with Crippen molar-refractivity contribution in [3.05, 3.63) is 0 Å². The first-order valence-corrected chi connectivity index (χ1v) is 7.54. The van der Waals surface area contributed by atoms with Crippen LogP contribution in [0.1, 0.15) is 58.3 Å². The first-order valence-electron chi connectivity index (χ1n) is 7.54. The molecule has 1 heterocycles. The molecule has 17 heavy (non-hydrogen) atoms. The third-order valence-corrected chi connectivity index (χ3v) is 4.56. The maximum Gasteiger partial charge on any atom is 0.137 e. The molecule has 1 saturated heterocycles. The van der Waals surface area contributed by atoms with Crippen molar-refractivity contribution in [2.24, 2.45) is 11.8 Å². The lowest BCUT2D eigenvalue weighted by Gasteiger charge is -2.34. The zero-order valence-electron chi connectivity index (χ0n) is 11.3. The smallest absolute Gasteiger partial charge is 0.137 e. The molecule has 0 aromatic carbocycles.